The van der Waals surface area contributed by atoms with E-state index in [1.54, 1.807) is 12.1 Å². The molecule has 0 heterocycles. The highest BCUT2D eigenvalue weighted by Gasteiger charge is 2.24. The predicted octanol–water partition coefficient (Wildman–Crippen LogP) is 2.48. The van der Waals surface area contributed by atoms with Gasteiger partial charge in [-0.2, -0.15) is 0 Å². The zero-order valence-electron chi connectivity index (χ0n) is 7.87. The number of halogens is 2. The van der Waals surface area contributed by atoms with Crippen molar-refractivity contribution in [2.45, 2.75) is 18.9 Å². The summed E-state index contributed by atoms with van der Waals surface area (Å²) in [6.45, 7) is 0. The van der Waals surface area contributed by atoms with E-state index in [0.29, 0.717) is 10.5 Å². The van der Waals surface area contributed by atoms with Gasteiger partial charge in [0.25, 0.3) is 0 Å². The second kappa shape index (κ2) is 4.18. The SMILES string of the molecule is O/N=C(/NC1CC1)c1ccc(Br)cc1F. The van der Waals surface area contributed by atoms with Gasteiger partial charge in [-0.3, -0.25) is 0 Å². The Morgan fingerprint density at radius 2 is 2.27 bits per heavy atom. The molecule has 80 valence electrons. The van der Waals surface area contributed by atoms with E-state index in [9.17, 15) is 4.39 Å². The van der Waals surface area contributed by atoms with Crippen LogP contribution < -0.4 is 5.32 Å². The molecule has 0 amide bonds. The normalized spacial score (nSPS) is 16.5. The third-order valence-corrected chi connectivity index (χ3v) is 2.70. The molecule has 1 aliphatic rings. The highest BCUT2D eigenvalue weighted by molar-refractivity contribution is 9.10. The fraction of sp³-hybridized carbons (Fsp3) is 0.300. The summed E-state index contributed by atoms with van der Waals surface area (Å²) in [6.07, 6.45) is 2.08. The molecule has 0 aliphatic heterocycles. The summed E-state index contributed by atoms with van der Waals surface area (Å²) in [7, 11) is 0. The molecule has 0 spiro atoms. The van der Waals surface area contributed by atoms with Crippen LogP contribution in [0.25, 0.3) is 0 Å². The minimum absolute atomic E-state index is 0.197. The van der Waals surface area contributed by atoms with Crippen molar-refractivity contribution in [3.05, 3.63) is 34.1 Å². The zero-order valence-corrected chi connectivity index (χ0v) is 9.46. The molecule has 1 aliphatic carbocycles. The van der Waals surface area contributed by atoms with Crippen molar-refractivity contribution in [3.63, 3.8) is 0 Å². The first-order chi connectivity index (χ1) is 7.20. The predicted molar refractivity (Wildman–Crippen MR) is 58.6 cm³/mol. The number of nitrogens with one attached hydrogen (secondary N) is 1. The lowest BCUT2D eigenvalue weighted by atomic mass is 10.2. The third-order valence-electron chi connectivity index (χ3n) is 2.20. The van der Waals surface area contributed by atoms with Gasteiger partial charge in [0.1, 0.15) is 5.82 Å². The third kappa shape index (κ3) is 2.47. The lowest BCUT2D eigenvalue weighted by Gasteiger charge is -2.07. The number of oxime groups is 1. The van der Waals surface area contributed by atoms with Gasteiger partial charge in [0.05, 0.1) is 5.56 Å². The molecule has 3 nitrogen and oxygen atoms in total. The molecule has 2 N–H and O–H groups in total. The first-order valence-electron chi connectivity index (χ1n) is 4.64. The molecular weight excluding hydrogens is 263 g/mol. The first kappa shape index (κ1) is 10.4. The van der Waals surface area contributed by atoms with E-state index in [1.165, 1.54) is 6.07 Å². The highest BCUT2D eigenvalue weighted by Crippen LogP contribution is 2.21. The summed E-state index contributed by atoms with van der Waals surface area (Å²) in [5.41, 5.74) is 0.285. The number of nitrogens with zero attached hydrogens (tertiary/aromatic N) is 1. The molecule has 5 heteroatoms. The molecule has 0 unspecified atom stereocenters. The fourth-order valence-electron chi connectivity index (χ4n) is 1.26. The van der Waals surface area contributed by atoms with Gasteiger partial charge < -0.3 is 10.5 Å². The number of benzene rings is 1. The largest absolute Gasteiger partial charge is 0.409 e. The summed E-state index contributed by atoms with van der Waals surface area (Å²) in [4.78, 5) is 0. The van der Waals surface area contributed by atoms with Crippen LogP contribution in [-0.2, 0) is 0 Å². The van der Waals surface area contributed by atoms with Crippen molar-refractivity contribution in [2.75, 3.05) is 0 Å². The minimum atomic E-state index is -0.412. The lowest BCUT2D eigenvalue weighted by Crippen LogP contribution is -2.27. The number of rotatable bonds is 2. The average molecular weight is 273 g/mol. The van der Waals surface area contributed by atoms with E-state index in [4.69, 9.17) is 5.21 Å². The summed E-state index contributed by atoms with van der Waals surface area (Å²) >= 11 is 3.17. The Balaban J connectivity index is 2.25. The summed E-state index contributed by atoms with van der Waals surface area (Å²) in [6, 6.07) is 4.94. The Kier molecular flexibility index (Phi) is 2.90. The molecule has 0 atom stereocenters. The van der Waals surface area contributed by atoms with Crippen molar-refractivity contribution in [1.29, 1.82) is 0 Å². The average Bonchev–Trinajstić information content (AvgIpc) is 2.99. The molecule has 1 aromatic carbocycles. The Morgan fingerprint density at radius 1 is 1.53 bits per heavy atom. The molecule has 1 fully saturated rings. The van der Waals surface area contributed by atoms with Crippen LogP contribution in [0.4, 0.5) is 4.39 Å². The Bertz CT molecular complexity index is 404. The maximum atomic E-state index is 13.5. The number of hydrogen-bond donors (Lipinski definition) is 2. The standard InChI is InChI=1S/C10H10BrFN2O/c11-6-1-4-8(9(12)5-6)10(14-15)13-7-2-3-7/h1,4-5,7,15H,2-3H2,(H,13,14). The molecule has 1 saturated carbocycles. The van der Waals surface area contributed by atoms with Crippen molar-refractivity contribution >= 4 is 21.8 Å². The quantitative estimate of drug-likeness (QED) is 0.376. The smallest absolute Gasteiger partial charge is 0.175 e. The van der Waals surface area contributed by atoms with Gasteiger partial charge in [0.2, 0.25) is 0 Å². The van der Waals surface area contributed by atoms with Crippen molar-refractivity contribution in [1.82, 2.24) is 5.32 Å². The van der Waals surface area contributed by atoms with Crippen LogP contribution >= 0.6 is 15.9 Å². The van der Waals surface area contributed by atoms with Gasteiger partial charge in [-0.1, -0.05) is 21.1 Å². The molecule has 2 rings (SSSR count). The van der Waals surface area contributed by atoms with Gasteiger partial charge >= 0.3 is 0 Å². The molecule has 0 bridgehead atoms. The summed E-state index contributed by atoms with van der Waals surface area (Å²) in [5, 5.41) is 14.8. The van der Waals surface area contributed by atoms with Crippen LogP contribution in [0.2, 0.25) is 0 Å². The number of amidine groups is 1. The van der Waals surface area contributed by atoms with E-state index in [-0.39, 0.29) is 11.4 Å². The van der Waals surface area contributed by atoms with E-state index in [0.717, 1.165) is 12.8 Å². The topological polar surface area (TPSA) is 44.6 Å². The van der Waals surface area contributed by atoms with Gasteiger partial charge in [0, 0.05) is 10.5 Å². The van der Waals surface area contributed by atoms with Gasteiger partial charge in [-0.15, -0.1) is 0 Å². The molecular formula is C10H10BrFN2O. The maximum absolute atomic E-state index is 13.5. The molecule has 0 saturated heterocycles. The van der Waals surface area contributed by atoms with Crippen LogP contribution in [0, 0.1) is 5.82 Å². The van der Waals surface area contributed by atoms with Crippen molar-refractivity contribution in [2.24, 2.45) is 5.16 Å². The van der Waals surface area contributed by atoms with Gasteiger partial charge in [0.15, 0.2) is 5.84 Å². The van der Waals surface area contributed by atoms with Crippen LogP contribution in [-0.4, -0.2) is 17.1 Å². The molecule has 15 heavy (non-hydrogen) atoms. The Labute approximate surface area is 95.1 Å². The highest BCUT2D eigenvalue weighted by atomic mass is 79.9. The molecule has 0 aromatic heterocycles. The Morgan fingerprint density at radius 3 is 2.80 bits per heavy atom. The van der Waals surface area contributed by atoms with Crippen molar-refractivity contribution < 1.29 is 9.60 Å². The van der Waals surface area contributed by atoms with Crippen LogP contribution in [0.1, 0.15) is 18.4 Å². The van der Waals surface area contributed by atoms with E-state index >= 15 is 0 Å². The van der Waals surface area contributed by atoms with Crippen LogP contribution in [0.3, 0.4) is 0 Å². The fourth-order valence-corrected chi connectivity index (χ4v) is 1.60. The Hall–Kier alpha value is -1.10. The van der Waals surface area contributed by atoms with E-state index in [2.05, 4.69) is 26.4 Å². The zero-order chi connectivity index (χ0) is 10.8. The van der Waals surface area contributed by atoms with Crippen LogP contribution in [0.15, 0.2) is 27.8 Å². The first-order valence-corrected chi connectivity index (χ1v) is 5.44. The second-order valence-electron chi connectivity index (χ2n) is 3.49. The summed E-state index contributed by atoms with van der Waals surface area (Å²) in [5.74, 6) is -0.215. The van der Waals surface area contributed by atoms with Crippen molar-refractivity contribution in [3.8, 4) is 0 Å². The maximum Gasteiger partial charge on any atom is 0.175 e. The monoisotopic (exact) mass is 272 g/mol. The van der Waals surface area contributed by atoms with E-state index < -0.39 is 5.82 Å². The lowest BCUT2D eigenvalue weighted by molar-refractivity contribution is 0.316. The number of hydrogen-bond acceptors (Lipinski definition) is 2. The van der Waals surface area contributed by atoms with E-state index in [1.807, 2.05) is 0 Å². The van der Waals surface area contributed by atoms with Gasteiger partial charge in [-0.05, 0) is 31.0 Å². The summed E-state index contributed by atoms with van der Waals surface area (Å²) < 4.78 is 14.2. The molecule has 1 aromatic rings. The minimum Gasteiger partial charge on any atom is -0.409 e. The van der Waals surface area contributed by atoms with Gasteiger partial charge in [-0.25, -0.2) is 4.39 Å². The van der Waals surface area contributed by atoms with Crippen LogP contribution in [0.5, 0.6) is 0 Å². The second-order valence-corrected chi connectivity index (χ2v) is 4.41. The molecule has 0 radical (unpaired) electrons.